The zero-order chi connectivity index (χ0) is 20.6. The first-order chi connectivity index (χ1) is 14.1. The zero-order valence-electron chi connectivity index (χ0n) is 15.9. The van der Waals surface area contributed by atoms with Crippen molar-refractivity contribution in [1.29, 1.82) is 0 Å². The average Bonchev–Trinajstić information content (AvgIpc) is 3.36. The third-order valence-electron chi connectivity index (χ3n) is 3.81. The summed E-state index contributed by atoms with van der Waals surface area (Å²) in [5.41, 5.74) is 0.673. The van der Waals surface area contributed by atoms with Crippen molar-refractivity contribution in [2.24, 2.45) is 0 Å². The molecule has 0 aliphatic carbocycles. The highest BCUT2D eigenvalue weighted by Crippen LogP contribution is 2.19. The molecule has 3 rings (SSSR count). The molecule has 0 aliphatic heterocycles. The Morgan fingerprint density at radius 3 is 2.62 bits per heavy atom. The molecule has 0 unspecified atom stereocenters. The third kappa shape index (κ3) is 5.78. The number of thiazole rings is 1. The van der Waals surface area contributed by atoms with E-state index in [-0.39, 0.29) is 24.0 Å². The normalized spacial score (nSPS) is 10.6. The van der Waals surface area contributed by atoms with E-state index in [4.69, 9.17) is 4.74 Å². The smallest absolute Gasteiger partial charge is 0.236 e. The van der Waals surface area contributed by atoms with Crippen molar-refractivity contribution in [3.05, 3.63) is 41.7 Å². The van der Waals surface area contributed by atoms with Gasteiger partial charge in [0.05, 0.1) is 19.3 Å². The number of hydrogen-bond donors (Lipinski definition) is 2. The summed E-state index contributed by atoms with van der Waals surface area (Å²) in [6.45, 7) is 2.53. The van der Waals surface area contributed by atoms with Gasteiger partial charge in [-0.1, -0.05) is 11.8 Å². The van der Waals surface area contributed by atoms with E-state index in [2.05, 4.69) is 25.8 Å². The molecule has 0 fully saturated rings. The van der Waals surface area contributed by atoms with E-state index in [0.717, 1.165) is 0 Å². The van der Waals surface area contributed by atoms with Crippen LogP contribution in [0.3, 0.4) is 0 Å². The first-order valence-electron chi connectivity index (χ1n) is 8.77. The molecule has 2 N–H and O–H groups in total. The number of hydrogen-bond acceptors (Lipinski definition) is 8. The summed E-state index contributed by atoms with van der Waals surface area (Å²) in [6, 6.07) is 7.08. The van der Waals surface area contributed by atoms with Crippen molar-refractivity contribution >= 4 is 45.7 Å². The van der Waals surface area contributed by atoms with E-state index < -0.39 is 0 Å². The number of rotatable bonds is 9. The second-order valence-corrected chi connectivity index (χ2v) is 7.61. The highest BCUT2D eigenvalue weighted by molar-refractivity contribution is 7.99. The van der Waals surface area contributed by atoms with Gasteiger partial charge < -0.3 is 19.9 Å². The number of amides is 2. The van der Waals surface area contributed by atoms with E-state index in [0.29, 0.717) is 34.1 Å². The molecule has 0 radical (unpaired) electrons. The lowest BCUT2D eigenvalue weighted by atomic mass is 10.3. The zero-order valence-corrected chi connectivity index (χ0v) is 17.5. The fraction of sp³-hybridized carbons (Fsp3) is 0.278. The monoisotopic (exact) mass is 432 g/mol. The number of carbonyl (C=O) groups is 2. The van der Waals surface area contributed by atoms with Crippen LogP contribution in [-0.4, -0.2) is 44.4 Å². The van der Waals surface area contributed by atoms with Gasteiger partial charge in [-0.15, -0.1) is 21.5 Å². The number of benzene rings is 1. The second-order valence-electron chi connectivity index (χ2n) is 5.77. The summed E-state index contributed by atoms with van der Waals surface area (Å²) in [5.74, 6) is 1.07. The highest BCUT2D eigenvalue weighted by Gasteiger charge is 2.16. The van der Waals surface area contributed by atoms with Crippen LogP contribution in [0.15, 0.2) is 41.0 Å². The van der Waals surface area contributed by atoms with Crippen molar-refractivity contribution in [3.63, 3.8) is 0 Å². The fourth-order valence-electron chi connectivity index (χ4n) is 2.47. The van der Waals surface area contributed by atoms with E-state index in [1.165, 1.54) is 23.1 Å². The van der Waals surface area contributed by atoms with Crippen LogP contribution in [0.25, 0.3) is 0 Å². The molecule has 11 heteroatoms. The lowest BCUT2D eigenvalue weighted by Gasteiger charge is -2.08. The molecule has 2 aromatic heterocycles. The molecule has 29 heavy (non-hydrogen) atoms. The molecular weight excluding hydrogens is 412 g/mol. The van der Waals surface area contributed by atoms with Crippen molar-refractivity contribution in [2.75, 3.05) is 23.5 Å². The summed E-state index contributed by atoms with van der Waals surface area (Å²) in [7, 11) is 1.59. The van der Waals surface area contributed by atoms with Gasteiger partial charge in [0.2, 0.25) is 11.8 Å². The lowest BCUT2D eigenvalue weighted by Crippen LogP contribution is -2.18. The number of carbonyl (C=O) groups excluding carboxylic acids is 2. The van der Waals surface area contributed by atoms with Gasteiger partial charge in [-0.05, 0) is 31.2 Å². The number of aromatic nitrogens is 4. The largest absolute Gasteiger partial charge is 0.497 e. The molecule has 1 aromatic carbocycles. The summed E-state index contributed by atoms with van der Waals surface area (Å²) < 4.78 is 6.93. The minimum absolute atomic E-state index is 0.0821. The topological polar surface area (TPSA) is 111 Å². The van der Waals surface area contributed by atoms with Crippen molar-refractivity contribution < 1.29 is 14.3 Å². The van der Waals surface area contributed by atoms with Gasteiger partial charge in [0, 0.05) is 23.8 Å². The molecule has 2 heterocycles. The molecule has 0 bridgehead atoms. The summed E-state index contributed by atoms with van der Waals surface area (Å²) in [4.78, 5) is 28.4. The Bertz CT molecular complexity index is 957. The number of methoxy groups -OCH3 is 1. The number of anilines is 2. The standard InChI is InChI=1S/C18H20N6O3S2/c1-3-24-14(10-15(25)20-12-4-6-13(27-2)7-5-12)22-23-18(24)29-11-16(26)21-17-19-8-9-28-17/h4-9H,3,10-11H2,1-2H3,(H,20,25)(H,19,21,26). The van der Waals surface area contributed by atoms with Gasteiger partial charge in [-0.3, -0.25) is 9.59 Å². The predicted octanol–water partition coefficient (Wildman–Crippen LogP) is 2.68. The van der Waals surface area contributed by atoms with Crippen LogP contribution in [0.2, 0.25) is 0 Å². The van der Waals surface area contributed by atoms with Crippen LogP contribution in [0, 0.1) is 0 Å². The quantitative estimate of drug-likeness (QED) is 0.500. The van der Waals surface area contributed by atoms with E-state index in [1.54, 1.807) is 43.0 Å². The molecular formula is C18H20N6O3S2. The van der Waals surface area contributed by atoms with Gasteiger partial charge in [0.1, 0.15) is 11.6 Å². The Kier molecular flexibility index (Phi) is 7.19. The minimum atomic E-state index is -0.199. The van der Waals surface area contributed by atoms with Crippen molar-refractivity contribution in [2.45, 2.75) is 25.0 Å². The molecule has 0 aliphatic rings. The van der Waals surface area contributed by atoms with E-state index >= 15 is 0 Å². The summed E-state index contributed by atoms with van der Waals surface area (Å²) >= 11 is 2.62. The van der Waals surface area contributed by atoms with Crippen LogP contribution in [-0.2, 0) is 22.6 Å². The van der Waals surface area contributed by atoms with Crippen LogP contribution in [0.4, 0.5) is 10.8 Å². The predicted molar refractivity (Wildman–Crippen MR) is 112 cm³/mol. The molecule has 0 atom stereocenters. The number of ether oxygens (including phenoxy) is 1. The van der Waals surface area contributed by atoms with E-state index in [1.807, 2.05) is 11.5 Å². The Morgan fingerprint density at radius 1 is 1.17 bits per heavy atom. The molecule has 3 aromatic rings. The van der Waals surface area contributed by atoms with Gasteiger partial charge in [-0.25, -0.2) is 4.98 Å². The van der Waals surface area contributed by atoms with Gasteiger partial charge in [0.25, 0.3) is 0 Å². The van der Waals surface area contributed by atoms with Crippen molar-refractivity contribution in [3.8, 4) is 5.75 Å². The molecule has 0 saturated carbocycles. The minimum Gasteiger partial charge on any atom is -0.497 e. The Balaban J connectivity index is 1.56. The maximum atomic E-state index is 12.4. The van der Waals surface area contributed by atoms with E-state index in [9.17, 15) is 9.59 Å². The maximum Gasteiger partial charge on any atom is 0.236 e. The lowest BCUT2D eigenvalue weighted by molar-refractivity contribution is -0.116. The fourth-order valence-corrected chi connectivity index (χ4v) is 3.83. The first-order valence-corrected chi connectivity index (χ1v) is 10.6. The molecule has 0 spiro atoms. The van der Waals surface area contributed by atoms with Crippen LogP contribution in [0.1, 0.15) is 12.7 Å². The maximum absolute atomic E-state index is 12.4. The summed E-state index contributed by atoms with van der Waals surface area (Å²) in [6.07, 6.45) is 1.71. The Labute approximate surface area is 175 Å². The van der Waals surface area contributed by atoms with Crippen LogP contribution in [0.5, 0.6) is 5.75 Å². The van der Waals surface area contributed by atoms with Gasteiger partial charge >= 0.3 is 0 Å². The number of thioether (sulfide) groups is 1. The highest BCUT2D eigenvalue weighted by atomic mass is 32.2. The Morgan fingerprint density at radius 2 is 1.97 bits per heavy atom. The average molecular weight is 433 g/mol. The Hall–Kier alpha value is -2.92. The first kappa shape index (κ1) is 20.8. The number of nitrogens with zero attached hydrogens (tertiary/aromatic N) is 4. The molecule has 152 valence electrons. The third-order valence-corrected chi connectivity index (χ3v) is 5.47. The molecule has 2 amide bonds. The SMILES string of the molecule is CCn1c(CC(=O)Nc2ccc(OC)cc2)nnc1SCC(=O)Nc1nccs1. The van der Waals surface area contributed by atoms with Crippen molar-refractivity contribution in [1.82, 2.24) is 19.7 Å². The second kappa shape index (κ2) is 10.0. The molecule has 9 nitrogen and oxygen atoms in total. The van der Waals surface area contributed by atoms with Gasteiger partial charge in [-0.2, -0.15) is 0 Å². The summed E-state index contributed by atoms with van der Waals surface area (Å²) in [5, 5.41) is 16.7. The number of nitrogens with one attached hydrogen (secondary N) is 2. The van der Waals surface area contributed by atoms with Crippen LogP contribution < -0.4 is 15.4 Å². The molecule has 0 saturated heterocycles. The van der Waals surface area contributed by atoms with Gasteiger partial charge in [0.15, 0.2) is 10.3 Å². The van der Waals surface area contributed by atoms with Crippen LogP contribution >= 0.6 is 23.1 Å².